The van der Waals surface area contributed by atoms with Crippen LogP contribution in [-0.2, 0) is 11.2 Å². The smallest absolute Gasteiger partial charge is 0.151 e. The van der Waals surface area contributed by atoms with Crippen LogP contribution in [0, 0.1) is 11.3 Å². The normalized spacial score (nSPS) is 13.9. The number of methoxy groups -OCH3 is 2. The molecule has 0 N–H and O–H groups in total. The highest BCUT2D eigenvalue weighted by atomic mass is 16.5. The van der Waals surface area contributed by atoms with Gasteiger partial charge in [-0.05, 0) is 37.5 Å². The quantitative estimate of drug-likeness (QED) is 0.764. The van der Waals surface area contributed by atoms with E-state index in [1.54, 1.807) is 21.1 Å². The second-order valence-corrected chi connectivity index (χ2v) is 3.89. The van der Waals surface area contributed by atoms with Gasteiger partial charge in [0, 0.05) is 7.11 Å². The average molecular weight is 219 g/mol. The fourth-order valence-electron chi connectivity index (χ4n) is 1.38. The maximum Gasteiger partial charge on any atom is 0.151 e. The van der Waals surface area contributed by atoms with Crippen LogP contribution in [0.3, 0.4) is 0 Å². The molecule has 86 valence electrons. The molecule has 0 saturated heterocycles. The van der Waals surface area contributed by atoms with Gasteiger partial charge in [-0.25, -0.2) is 0 Å². The van der Waals surface area contributed by atoms with Crippen LogP contribution < -0.4 is 4.74 Å². The van der Waals surface area contributed by atoms with Crippen molar-refractivity contribution in [3.05, 3.63) is 29.8 Å². The Morgan fingerprint density at radius 2 is 1.88 bits per heavy atom. The lowest BCUT2D eigenvalue weighted by Gasteiger charge is -2.19. The van der Waals surface area contributed by atoms with Crippen molar-refractivity contribution >= 4 is 0 Å². The molecule has 1 aromatic carbocycles. The number of ether oxygens (including phenoxy) is 2. The Bertz CT molecular complexity index is 367. The SMILES string of the molecule is COc1ccc(CCC(C)(C#N)OC)cc1. The monoisotopic (exact) mass is 219 g/mol. The highest BCUT2D eigenvalue weighted by molar-refractivity contribution is 5.27. The molecule has 3 heteroatoms. The van der Waals surface area contributed by atoms with Crippen LogP contribution in [0.4, 0.5) is 0 Å². The van der Waals surface area contributed by atoms with Crippen LogP contribution in [0.15, 0.2) is 24.3 Å². The Morgan fingerprint density at radius 3 is 2.31 bits per heavy atom. The summed E-state index contributed by atoms with van der Waals surface area (Å²) in [6.07, 6.45) is 1.51. The predicted molar refractivity (Wildman–Crippen MR) is 62.3 cm³/mol. The van der Waals surface area contributed by atoms with E-state index in [9.17, 15) is 0 Å². The van der Waals surface area contributed by atoms with Gasteiger partial charge in [-0.3, -0.25) is 0 Å². The van der Waals surface area contributed by atoms with E-state index in [1.165, 1.54) is 5.56 Å². The molecular formula is C13H17NO2. The van der Waals surface area contributed by atoms with Gasteiger partial charge in [-0.15, -0.1) is 0 Å². The van der Waals surface area contributed by atoms with Gasteiger partial charge in [0.2, 0.25) is 0 Å². The van der Waals surface area contributed by atoms with Gasteiger partial charge in [0.15, 0.2) is 5.60 Å². The van der Waals surface area contributed by atoms with Crippen LogP contribution in [0.5, 0.6) is 5.75 Å². The summed E-state index contributed by atoms with van der Waals surface area (Å²) in [5.41, 5.74) is 0.485. The van der Waals surface area contributed by atoms with Crippen molar-refractivity contribution in [3.8, 4) is 11.8 Å². The number of aryl methyl sites for hydroxylation is 1. The first-order valence-corrected chi connectivity index (χ1v) is 5.23. The summed E-state index contributed by atoms with van der Waals surface area (Å²) in [6.45, 7) is 1.80. The Kier molecular flexibility index (Phi) is 4.33. The standard InChI is InChI=1S/C13H17NO2/c1-13(10-14,16-3)9-8-11-4-6-12(15-2)7-5-11/h4-7H,8-9H2,1-3H3. The highest BCUT2D eigenvalue weighted by Crippen LogP contribution is 2.18. The summed E-state index contributed by atoms with van der Waals surface area (Å²) in [5, 5.41) is 8.95. The summed E-state index contributed by atoms with van der Waals surface area (Å²) < 4.78 is 10.2. The molecule has 1 atom stereocenters. The van der Waals surface area contributed by atoms with E-state index in [0.717, 1.165) is 12.2 Å². The molecule has 0 amide bonds. The van der Waals surface area contributed by atoms with Gasteiger partial charge in [-0.1, -0.05) is 12.1 Å². The van der Waals surface area contributed by atoms with Crippen molar-refractivity contribution in [2.75, 3.05) is 14.2 Å². The number of hydrogen-bond donors (Lipinski definition) is 0. The Labute approximate surface area is 96.6 Å². The van der Waals surface area contributed by atoms with Crippen molar-refractivity contribution in [1.29, 1.82) is 5.26 Å². The molecule has 0 aliphatic heterocycles. The Morgan fingerprint density at radius 1 is 1.25 bits per heavy atom. The average Bonchev–Trinajstić information content (AvgIpc) is 2.36. The van der Waals surface area contributed by atoms with Gasteiger partial charge in [0.25, 0.3) is 0 Å². The van der Waals surface area contributed by atoms with Crippen LogP contribution in [0.1, 0.15) is 18.9 Å². The maximum absolute atomic E-state index is 8.95. The van der Waals surface area contributed by atoms with Crippen molar-refractivity contribution in [2.24, 2.45) is 0 Å². The highest BCUT2D eigenvalue weighted by Gasteiger charge is 2.22. The number of benzene rings is 1. The lowest BCUT2D eigenvalue weighted by atomic mass is 9.98. The summed E-state index contributed by atoms with van der Waals surface area (Å²) in [7, 11) is 3.21. The van der Waals surface area contributed by atoms with Crippen molar-refractivity contribution in [3.63, 3.8) is 0 Å². The summed E-state index contributed by atoms with van der Waals surface area (Å²) in [4.78, 5) is 0. The summed E-state index contributed by atoms with van der Waals surface area (Å²) in [6, 6.07) is 10.0. The molecule has 1 unspecified atom stereocenters. The first-order chi connectivity index (χ1) is 7.63. The first kappa shape index (κ1) is 12.5. The molecular weight excluding hydrogens is 202 g/mol. The largest absolute Gasteiger partial charge is 0.497 e. The molecule has 0 spiro atoms. The van der Waals surface area contributed by atoms with E-state index in [-0.39, 0.29) is 0 Å². The van der Waals surface area contributed by atoms with Gasteiger partial charge in [0.1, 0.15) is 5.75 Å². The van der Waals surface area contributed by atoms with Gasteiger partial charge < -0.3 is 9.47 Å². The minimum absolute atomic E-state index is 0.687. The lowest BCUT2D eigenvalue weighted by molar-refractivity contribution is 0.0484. The minimum Gasteiger partial charge on any atom is -0.497 e. The zero-order valence-electron chi connectivity index (χ0n) is 9.99. The summed E-state index contributed by atoms with van der Waals surface area (Å²) >= 11 is 0. The van der Waals surface area contributed by atoms with E-state index in [0.29, 0.717) is 6.42 Å². The molecule has 0 radical (unpaired) electrons. The second-order valence-electron chi connectivity index (χ2n) is 3.89. The van der Waals surface area contributed by atoms with Crippen molar-refractivity contribution < 1.29 is 9.47 Å². The van der Waals surface area contributed by atoms with Crippen LogP contribution in [-0.4, -0.2) is 19.8 Å². The maximum atomic E-state index is 8.95. The van der Waals surface area contributed by atoms with Crippen molar-refractivity contribution in [1.82, 2.24) is 0 Å². The Hall–Kier alpha value is -1.53. The zero-order chi connectivity index (χ0) is 12.0. The molecule has 0 bridgehead atoms. The third-order valence-corrected chi connectivity index (χ3v) is 2.74. The third-order valence-electron chi connectivity index (χ3n) is 2.74. The van der Waals surface area contributed by atoms with Gasteiger partial charge >= 0.3 is 0 Å². The molecule has 1 aromatic rings. The van der Waals surface area contributed by atoms with E-state index in [2.05, 4.69) is 6.07 Å². The third kappa shape index (κ3) is 3.25. The fourth-order valence-corrected chi connectivity index (χ4v) is 1.38. The first-order valence-electron chi connectivity index (χ1n) is 5.23. The molecule has 0 saturated carbocycles. The Balaban J connectivity index is 2.58. The fraction of sp³-hybridized carbons (Fsp3) is 0.462. The second kappa shape index (κ2) is 5.53. The molecule has 16 heavy (non-hydrogen) atoms. The van der Waals surface area contributed by atoms with Crippen LogP contribution in [0.2, 0.25) is 0 Å². The number of hydrogen-bond acceptors (Lipinski definition) is 3. The van der Waals surface area contributed by atoms with Gasteiger partial charge in [0.05, 0.1) is 13.2 Å². The number of rotatable bonds is 5. The zero-order valence-corrected chi connectivity index (χ0v) is 9.99. The molecule has 0 aromatic heterocycles. The lowest BCUT2D eigenvalue weighted by Crippen LogP contribution is -2.25. The van der Waals surface area contributed by atoms with E-state index >= 15 is 0 Å². The minimum atomic E-state index is -0.695. The summed E-state index contributed by atoms with van der Waals surface area (Å²) in [5.74, 6) is 0.846. The van der Waals surface area contributed by atoms with Crippen LogP contribution >= 0.6 is 0 Å². The molecule has 0 fully saturated rings. The van der Waals surface area contributed by atoms with Crippen LogP contribution in [0.25, 0.3) is 0 Å². The van der Waals surface area contributed by atoms with Gasteiger partial charge in [-0.2, -0.15) is 5.26 Å². The molecule has 0 heterocycles. The number of nitrogens with zero attached hydrogens (tertiary/aromatic N) is 1. The predicted octanol–water partition coefficient (Wildman–Crippen LogP) is 2.56. The molecule has 3 nitrogen and oxygen atoms in total. The molecule has 0 aliphatic rings. The van der Waals surface area contributed by atoms with E-state index < -0.39 is 5.60 Å². The number of nitriles is 1. The van der Waals surface area contributed by atoms with E-state index in [4.69, 9.17) is 14.7 Å². The van der Waals surface area contributed by atoms with E-state index in [1.807, 2.05) is 24.3 Å². The van der Waals surface area contributed by atoms with Crippen molar-refractivity contribution in [2.45, 2.75) is 25.4 Å². The molecule has 0 aliphatic carbocycles. The molecule has 1 rings (SSSR count). The topological polar surface area (TPSA) is 42.2 Å².